The number of ether oxygens (including phenoxy) is 1. The van der Waals surface area contributed by atoms with Gasteiger partial charge in [-0.05, 0) is 60.8 Å². The van der Waals surface area contributed by atoms with Gasteiger partial charge in [0.05, 0.1) is 7.11 Å². The summed E-state index contributed by atoms with van der Waals surface area (Å²) in [6.07, 6.45) is 0. The maximum Gasteiger partial charge on any atom is 0.153 e. The maximum absolute atomic E-state index is 5.37. The van der Waals surface area contributed by atoms with Crippen molar-refractivity contribution in [1.82, 2.24) is 15.2 Å². The van der Waals surface area contributed by atoms with Crippen LogP contribution in [0.2, 0.25) is 0 Å². The largest absolute Gasteiger partial charge is 0.497 e. The van der Waals surface area contributed by atoms with Gasteiger partial charge in [0.1, 0.15) is 17.4 Å². The summed E-state index contributed by atoms with van der Waals surface area (Å²) in [4.78, 5) is 4.75. The van der Waals surface area contributed by atoms with Gasteiger partial charge >= 0.3 is 0 Å². The predicted octanol–water partition coefficient (Wildman–Crippen LogP) is 5.52. The van der Waals surface area contributed by atoms with Crippen LogP contribution in [0.25, 0.3) is 10.8 Å². The first-order valence-electron chi connectivity index (χ1n) is 8.41. The molecular weight excluding hydrogens is 406 g/mol. The van der Waals surface area contributed by atoms with Crippen molar-refractivity contribution in [3.8, 4) is 5.75 Å². The number of aromatic amines is 1. The molecule has 136 valence electrons. The minimum atomic E-state index is 0.696. The van der Waals surface area contributed by atoms with Crippen molar-refractivity contribution >= 4 is 49.8 Å². The van der Waals surface area contributed by atoms with Gasteiger partial charge in [-0.25, -0.2) is 4.98 Å². The van der Waals surface area contributed by atoms with Crippen molar-refractivity contribution in [3.05, 3.63) is 64.8 Å². The zero-order valence-corrected chi connectivity index (χ0v) is 16.5. The van der Waals surface area contributed by atoms with E-state index in [2.05, 4.69) is 36.8 Å². The second-order valence-electron chi connectivity index (χ2n) is 6.14. The number of hydrogen-bond donors (Lipinski definition) is 3. The Morgan fingerprint density at radius 2 is 1.78 bits per heavy atom. The van der Waals surface area contributed by atoms with Gasteiger partial charge in [0.2, 0.25) is 0 Å². The van der Waals surface area contributed by atoms with Gasteiger partial charge in [-0.3, -0.25) is 5.10 Å². The van der Waals surface area contributed by atoms with Crippen LogP contribution in [-0.2, 0) is 0 Å². The van der Waals surface area contributed by atoms with Crippen molar-refractivity contribution in [3.63, 3.8) is 0 Å². The fourth-order valence-corrected chi connectivity index (χ4v) is 3.07. The highest BCUT2D eigenvalue weighted by atomic mass is 79.9. The third kappa shape index (κ3) is 3.88. The lowest BCUT2D eigenvalue weighted by molar-refractivity contribution is 0.415. The number of H-pyrrole nitrogens is 1. The number of anilines is 4. The Labute approximate surface area is 165 Å². The second-order valence-corrected chi connectivity index (χ2v) is 7.05. The molecule has 4 rings (SSSR count). The number of methoxy groups -OCH3 is 1. The molecular formula is C20H18BrN5O. The molecule has 0 fully saturated rings. The Morgan fingerprint density at radius 3 is 2.48 bits per heavy atom. The maximum atomic E-state index is 5.37. The van der Waals surface area contributed by atoms with Crippen molar-refractivity contribution in [2.24, 2.45) is 0 Å². The summed E-state index contributed by atoms with van der Waals surface area (Å²) in [6, 6.07) is 17.8. The van der Waals surface area contributed by atoms with Gasteiger partial charge in [-0.15, -0.1) is 0 Å². The van der Waals surface area contributed by atoms with E-state index in [1.54, 1.807) is 7.11 Å². The molecule has 0 saturated carbocycles. The average Bonchev–Trinajstić information content (AvgIpc) is 3.07. The van der Waals surface area contributed by atoms with Crippen LogP contribution in [0, 0.1) is 6.92 Å². The van der Waals surface area contributed by atoms with Crippen molar-refractivity contribution in [2.45, 2.75) is 6.92 Å². The Bertz CT molecular complexity index is 1090. The SMILES string of the molecule is COc1ccc2c(Nc3ccc(Br)cc3)nc(Nc3cc(C)[nH]n3)cc2c1. The van der Waals surface area contributed by atoms with Crippen LogP contribution in [0.3, 0.4) is 0 Å². The first-order chi connectivity index (χ1) is 13.1. The van der Waals surface area contributed by atoms with Crippen LogP contribution in [0.4, 0.5) is 23.1 Å². The Morgan fingerprint density at radius 1 is 0.963 bits per heavy atom. The summed E-state index contributed by atoms with van der Waals surface area (Å²) in [6.45, 7) is 1.96. The highest BCUT2D eigenvalue weighted by Crippen LogP contribution is 2.31. The molecule has 0 atom stereocenters. The summed E-state index contributed by atoms with van der Waals surface area (Å²) in [5.74, 6) is 2.97. The molecule has 3 N–H and O–H groups in total. The highest BCUT2D eigenvalue weighted by molar-refractivity contribution is 9.10. The lowest BCUT2D eigenvalue weighted by Crippen LogP contribution is -2.00. The van der Waals surface area contributed by atoms with Crippen LogP contribution >= 0.6 is 15.9 Å². The number of nitrogens with zero attached hydrogens (tertiary/aromatic N) is 2. The third-order valence-corrected chi connectivity index (χ3v) is 4.64. The van der Waals surface area contributed by atoms with Gasteiger partial charge in [0.25, 0.3) is 0 Å². The zero-order valence-electron chi connectivity index (χ0n) is 14.9. The Hall–Kier alpha value is -3.06. The fraction of sp³-hybridized carbons (Fsp3) is 0.100. The fourth-order valence-electron chi connectivity index (χ4n) is 2.81. The van der Waals surface area contributed by atoms with E-state index in [1.807, 2.05) is 61.5 Å². The molecule has 6 nitrogen and oxygen atoms in total. The van der Waals surface area contributed by atoms with Crippen LogP contribution in [0.1, 0.15) is 5.69 Å². The van der Waals surface area contributed by atoms with Crippen LogP contribution in [0.5, 0.6) is 5.75 Å². The molecule has 2 aromatic carbocycles. The minimum absolute atomic E-state index is 0.696. The van der Waals surface area contributed by atoms with Crippen LogP contribution < -0.4 is 15.4 Å². The number of pyridine rings is 1. The topological polar surface area (TPSA) is 74.9 Å². The first kappa shape index (κ1) is 17.4. The number of rotatable bonds is 5. The molecule has 2 aromatic heterocycles. The van der Waals surface area contributed by atoms with Gasteiger partial charge in [0.15, 0.2) is 5.82 Å². The number of aromatic nitrogens is 3. The molecule has 0 unspecified atom stereocenters. The average molecular weight is 424 g/mol. The standard InChI is InChI=1S/C20H18BrN5O/c1-12-9-19(26-25-12)23-18-11-13-10-16(27-2)7-8-17(13)20(24-18)22-15-5-3-14(21)4-6-15/h3-11H,1-2H3,(H3,22,23,24,25,26). The molecule has 0 radical (unpaired) electrons. The normalized spacial score (nSPS) is 10.8. The van der Waals surface area contributed by atoms with Gasteiger partial charge in [0, 0.05) is 27.3 Å². The predicted molar refractivity (Wildman–Crippen MR) is 112 cm³/mol. The summed E-state index contributed by atoms with van der Waals surface area (Å²) < 4.78 is 6.40. The van der Waals surface area contributed by atoms with E-state index >= 15 is 0 Å². The molecule has 0 aliphatic rings. The first-order valence-corrected chi connectivity index (χ1v) is 9.20. The Balaban J connectivity index is 1.77. The van der Waals surface area contributed by atoms with Crippen molar-refractivity contribution in [1.29, 1.82) is 0 Å². The molecule has 0 amide bonds. The molecule has 0 aliphatic heterocycles. The van der Waals surface area contributed by atoms with Crippen molar-refractivity contribution < 1.29 is 4.74 Å². The molecule has 27 heavy (non-hydrogen) atoms. The summed E-state index contributed by atoms with van der Waals surface area (Å²) >= 11 is 3.46. The monoisotopic (exact) mass is 423 g/mol. The Kier molecular flexibility index (Phi) is 4.68. The van der Waals surface area contributed by atoms with E-state index < -0.39 is 0 Å². The molecule has 2 heterocycles. The summed E-state index contributed by atoms with van der Waals surface area (Å²) in [5, 5.41) is 15.8. The van der Waals surface area contributed by atoms with E-state index in [9.17, 15) is 0 Å². The molecule has 4 aromatic rings. The summed E-state index contributed by atoms with van der Waals surface area (Å²) in [7, 11) is 1.66. The van der Waals surface area contributed by atoms with Gasteiger partial charge in [-0.1, -0.05) is 15.9 Å². The number of hydrogen-bond acceptors (Lipinski definition) is 5. The number of halogens is 1. The molecule has 0 spiro atoms. The van der Waals surface area contributed by atoms with Crippen molar-refractivity contribution in [2.75, 3.05) is 17.7 Å². The van der Waals surface area contributed by atoms with E-state index in [-0.39, 0.29) is 0 Å². The lowest BCUT2D eigenvalue weighted by Gasteiger charge is -2.13. The third-order valence-electron chi connectivity index (χ3n) is 4.11. The second kappa shape index (κ2) is 7.28. The number of aryl methyl sites for hydroxylation is 1. The minimum Gasteiger partial charge on any atom is -0.497 e. The molecule has 7 heteroatoms. The quantitative estimate of drug-likeness (QED) is 0.393. The van der Waals surface area contributed by atoms with Gasteiger partial charge < -0.3 is 15.4 Å². The highest BCUT2D eigenvalue weighted by Gasteiger charge is 2.09. The van der Waals surface area contributed by atoms with Crippen LogP contribution in [0.15, 0.2) is 59.1 Å². The summed E-state index contributed by atoms with van der Waals surface area (Å²) in [5.41, 5.74) is 1.93. The molecule has 0 aliphatic carbocycles. The van der Waals surface area contributed by atoms with E-state index in [0.717, 1.165) is 44.0 Å². The number of fused-ring (bicyclic) bond motifs is 1. The van der Waals surface area contributed by atoms with E-state index in [1.165, 1.54) is 0 Å². The van der Waals surface area contributed by atoms with Crippen LogP contribution in [-0.4, -0.2) is 22.3 Å². The molecule has 0 bridgehead atoms. The van der Waals surface area contributed by atoms with E-state index in [0.29, 0.717) is 5.82 Å². The number of nitrogens with one attached hydrogen (secondary N) is 3. The zero-order chi connectivity index (χ0) is 18.8. The smallest absolute Gasteiger partial charge is 0.153 e. The van der Waals surface area contributed by atoms with Gasteiger partial charge in [-0.2, -0.15) is 5.10 Å². The van der Waals surface area contributed by atoms with E-state index in [4.69, 9.17) is 9.72 Å². The molecule has 0 saturated heterocycles. The number of benzene rings is 2. The lowest BCUT2D eigenvalue weighted by atomic mass is 10.1.